The van der Waals surface area contributed by atoms with Gasteiger partial charge in [-0.2, -0.15) is 0 Å². The predicted octanol–water partition coefficient (Wildman–Crippen LogP) is -0.587. The third-order valence-corrected chi connectivity index (χ3v) is 4.32. The largest absolute Gasteiger partial charge is 0.349 e. The molecule has 1 amide bonds. The van der Waals surface area contributed by atoms with Crippen molar-refractivity contribution >= 4 is 15.7 Å². The summed E-state index contributed by atoms with van der Waals surface area (Å²) in [4.78, 5) is 11.8. The number of amides is 1. The van der Waals surface area contributed by atoms with Crippen LogP contribution in [0.2, 0.25) is 0 Å². The average molecular weight is 244 g/mol. The number of carbonyl (C=O) groups is 1. The maximum Gasteiger partial charge on any atom is 0.224 e. The number of rotatable bonds is 2. The van der Waals surface area contributed by atoms with Gasteiger partial charge in [-0.1, -0.05) is 0 Å². The molecule has 1 fully saturated rings. The molecule has 6 heteroatoms. The van der Waals surface area contributed by atoms with Crippen LogP contribution in [-0.2, 0) is 14.6 Å². The molecule has 1 unspecified atom stereocenters. The molecule has 0 aromatic rings. The van der Waals surface area contributed by atoms with E-state index in [-0.39, 0.29) is 23.6 Å². The zero-order valence-electron chi connectivity index (χ0n) is 8.98. The van der Waals surface area contributed by atoms with Crippen molar-refractivity contribution in [2.45, 2.75) is 18.9 Å². The Labute approximate surface area is 95.2 Å². The van der Waals surface area contributed by atoms with E-state index in [0.717, 1.165) is 19.4 Å². The zero-order valence-corrected chi connectivity index (χ0v) is 9.79. The molecule has 2 N–H and O–H groups in total. The van der Waals surface area contributed by atoms with Gasteiger partial charge < -0.3 is 10.6 Å². The fourth-order valence-corrected chi connectivity index (χ4v) is 3.28. The maximum absolute atomic E-state index is 11.8. The van der Waals surface area contributed by atoms with Crippen LogP contribution in [0.1, 0.15) is 12.8 Å². The molecule has 0 saturated carbocycles. The lowest BCUT2D eigenvalue weighted by Crippen LogP contribution is -2.44. The van der Waals surface area contributed by atoms with Crippen molar-refractivity contribution in [1.82, 2.24) is 10.6 Å². The standard InChI is InChI=1S/C10H16N2O3S/c13-10(8-2-1-4-11-6-8)12-9-3-5-16(14,15)7-9/h3,5,8-9,11H,1-2,4,6-7H2,(H,12,13)/t8-,9?/m0/s1. The lowest BCUT2D eigenvalue weighted by Gasteiger charge is -2.23. The summed E-state index contributed by atoms with van der Waals surface area (Å²) in [5.74, 6) is -0.0665. The van der Waals surface area contributed by atoms with E-state index in [9.17, 15) is 13.2 Å². The Kier molecular flexibility index (Phi) is 3.30. The van der Waals surface area contributed by atoms with Crippen LogP contribution < -0.4 is 10.6 Å². The predicted molar refractivity (Wildman–Crippen MR) is 60.5 cm³/mol. The second-order valence-electron chi connectivity index (χ2n) is 4.32. The fourth-order valence-electron chi connectivity index (χ4n) is 2.04. The lowest BCUT2D eigenvalue weighted by atomic mass is 9.98. The molecular formula is C10H16N2O3S. The minimum Gasteiger partial charge on any atom is -0.349 e. The van der Waals surface area contributed by atoms with E-state index < -0.39 is 9.84 Å². The van der Waals surface area contributed by atoms with Gasteiger partial charge >= 0.3 is 0 Å². The van der Waals surface area contributed by atoms with E-state index in [1.54, 1.807) is 6.08 Å². The minimum absolute atomic E-state index is 0.00110. The first-order valence-corrected chi connectivity index (χ1v) is 7.20. The van der Waals surface area contributed by atoms with Crippen molar-refractivity contribution in [3.8, 4) is 0 Å². The summed E-state index contributed by atoms with van der Waals surface area (Å²) >= 11 is 0. The van der Waals surface area contributed by atoms with Crippen molar-refractivity contribution in [3.63, 3.8) is 0 Å². The van der Waals surface area contributed by atoms with Crippen LogP contribution >= 0.6 is 0 Å². The van der Waals surface area contributed by atoms with E-state index in [1.165, 1.54) is 5.41 Å². The van der Waals surface area contributed by atoms with Gasteiger partial charge in [0.15, 0.2) is 9.84 Å². The Morgan fingerprint density at radius 1 is 1.44 bits per heavy atom. The van der Waals surface area contributed by atoms with Crippen molar-refractivity contribution in [2.24, 2.45) is 5.92 Å². The normalized spacial score (nSPS) is 32.5. The molecule has 2 heterocycles. The van der Waals surface area contributed by atoms with Crippen molar-refractivity contribution in [1.29, 1.82) is 0 Å². The van der Waals surface area contributed by atoms with E-state index in [0.29, 0.717) is 6.54 Å². The summed E-state index contributed by atoms with van der Waals surface area (Å²) in [5, 5.41) is 7.10. The highest BCUT2D eigenvalue weighted by molar-refractivity contribution is 7.94. The molecule has 1 saturated heterocycles. The summed E-state index contributed by atoms with van der Waals surface area (Å²) in [6.07, 6.45) is 3.42. The molecule has 2 aliphatic heterocycles. The Hall–Kier alpha value is -0.880. The Balaban J connectivity index is 1.86. The molecule has 0 radical (unpaired) electrons. The molecule has 2 rings (SSSR count). The van der Waals surface area contributed by atoms with Gasteiger partial charge in [0.25, 0.3) is 0 Å². The highest BCUT2D eigenvalue weighted by Crippen LogP contribution is 2.12. The summed E-state index contributed by atoms with van der Waals surface area (Å²) in [6.45, 7) is 1.65. The van der Waals surface area contributed by atoms with Crippen LogP contribution in [0.5, 0.6) is 0 Å². The van der Waals surface area contributed by atoms with Gasteiger partial charge in [0.1, 0.15) is 0 Å². The van der Waals surface area contributed by atoms with Gasteiger partial charge in [0.05, 0.1) is 17.7 Å². The van der Waals surface area contributed by atoms with Crippen LogP contribution in [0.15, 0.2) is 11.5 Å². The van der Waals surface area contributed by atoms with Crippen LogP contribution in [0.25, 0.3) is 0 Å². The topological polar surface area (TPSA) is 75.3 Å². The molecule has 0 bridgehead atoms. The smallest absolute Gasteiger partial charge is 0.224 e. The van der Waals surface area contributed by atoms with E-state index in [4.69, 9.17) is 0 Å². The molecular weight excluding hydrogens is 228 g/mol. The van der Waals surface area contributed by atoms with Gasteiger partial charge in [-0.25, -0.2) is 8.42 Å². The second kappa shape index (κ2) is 4.55. The lowest BCUT2D eigenvalue weighted by molar-refractivity contribution is -0.125. The molecule has 5 nitrogen and oxygen atoms in total. The molecule has 0 aromatic carbocycles. The van der Waals surface area contributed by atoms with Crippen molar-refractivity contribution in [3.05, 3.63) is 11.5 Å². The van der Waals surface area contributed by atoms with E-state index >= 15 is 0 Å². The maximum atomic E-state index is 11.8. The van der Waals surface area contributed by atoms with Gasteiger partial charge in [-0.05, 0) is 25.5 Å². The van der Waals surface area contributed by atoms with Crippen LogP contribution in [0.3, 0.4) is 0 Å². The second-order valence-corrected chi connectivity index (χ2v) is 6.25. The number of hydrogen-bond acceptors (Lipinski definition) is 4. The quantitative estimate of drug-likeness (QED) is 0.681. The third kappa shape index (κ3) is 2.82. The molecule has 2 aliphatic rings. The summed E-state index contributed by atoms with van der Waals surface area (Å²) in [5.41, 5.74) is 0. The van der Waals surface area contributed by atoms with E-state index in [2.05, 4.69) is 10.6 Å². The first-order valence-electron chi connectivity index (χ1n) is 5.49. The number of sulfone groups is 1. The van der Waals surface area contributed by atoms with Crippen LogP contribution in [0, 0.1) is 5.92 Å². The Bertz CT molecular complexity index is 396. The summed E-state index contributed by atoms with van der Waals surface area (Å²) in [6, 6.07) is -0.348. The first-order chi connectivity index (χ1) is 7.57. The minimum atomic E-state index is -3.08. The van der Waals surface area contributed by atoms with Gasteiger partial charge in [-0.15, -0.1) is 0 Å². The van der Waals surface area contributed by atoms with Crippen molar-refractivity contribution < 1.29 is 13.2 Å². The van der Waals surface area contributed by atoms with Gasteiger partial charge in [0, 0.05) is 12.0 Å². The summed E-state index contributed by atoms with van der Waals surface area (Å²) < 4.78 is 22.3. The molecule has 2 atom stereocenters. The zero-order chi connectivity index (χ0) is 11.6. The number of carbonyl (C=O) groups excluding carboxylic acids is 1. The van der Waals surface area contributed by atoms with Gasteiger partial charge in [-0.3, -0.25) is 4.79 Å². The SMILES string of the molecule is O=C(NC1C=CS(=O)(=O)C1)[C@H]1CCCNC1. The molecule has 0 aliphatic carbocycles. The highest BCUT2D eigenvalue weighted by Gasteiger charge is 2.27. The summed E-state index contributed by atoms with van der Waals surface area (Å²) in [7, 11) is -3.08. The van der Waals surface area contributed by atoms with Crippen molar-refractivity contribution in [2.75, 3.05) is 18.8 Å². The number of piperidine rings is 1. The number of nitrogens with one attached hydrogen (secondary N) is 2. The molecule has 0 spiro atoms. The Morgan fingerprint density at radius 2 is 2.25 bits per heavy atom. The first kappa shape index (κ1) is 11.6. The number of hydrogen-bond donors (Lipinski definition) is 2. The van der Waals surface area contributed by atoms with E-state index in [1.807, 2.05) is 0 Å². The third-order valence-electron chi connectivity index (χ3n) is 2.93. The molecule has 16 heavy (non-hydrogen) atoms. The van der Waals surface area contributed by atoms with Gasteiger partial charge in [0.2, 0.25) is 5.91 Å². The fraction of sp³-hybridized carbons (Fsp3) is 0.700. The molecule has 90 valence electrons. The monoisotopic (exact) mass is 244 g/mol. The van der Waals surface area contributed by atoms with Crippen LogP contribution in [-0.4, -0.2) is 39.2 Å². The Morgan fingerprint density at radius 3 is 2.81 bits per heavy atom. The van der Waals surface area contributed by atoms with Crippen LogP contribution in [0.4, 0.5) is 0 Å². The highest BCUT2D eigenvalue weighted by atomic mass is 32.2. The molecule has 0 aromatic heterocycles. The average Bonchev–Trinajstić information content (AvgIpc) is 2.59.